The van der Waals surface area contributed by atoms with Crippen LogP contribution >= 0.6 is 11.3 Å². The van der Waals surface area contributed by atoms with Gasteiger partial charge in [-0.2, -0.15) is 0 Å². The summed E-state index contributed by atoms with van der Waals surface area (Å²) in [5, 5.41) is 3.61. The van der Waals surface area contributed by atoms with E-state index in [2.05, 4.69) is 61.2 Å². The predicted octanol–water partition coefficient (Wildman–Crippen LogP) is 5.85. The van der Waals surface area contributed by atoms with Crippen LogP contribution in [0.1, 0.15) is 5.56 Å². The summed E-state index contributed by atoms with van der Waals surface area (Å²) in [6.07, 6.45) is 2.82. The molecule has 0 N–H and O–H groups in total. The van der Waals surface area contributed by atoms with Crippen molar-refractivity contribution in [1.82, 2.24) is 4.98 Å². The molecular formula is C20H15NS. The Morgan fingerprint density at radius 1 is 0.955 bits per heavy atom. The maximum atomic E-state index is 4.86. The molecule has 2 heteroatoms. The lowest BCUT2D eigenvalue weighted by atomic mass is 9.97. The zero-order chi connectivity index (χ0) is 14.9. The minimum Gasteiger partial charge on any atom is -0.236 e. The second kappa shape index (κ2) is 5.39. The molecular weight excluding hydrogens is 286 g/mol. The highest BCUT2D eigenvalue weighted by Gasteiger charge is 2.13. The summed E-state index contributed by atoms with van der Waals surface area (Å²) >= 11 is 1.76. The van der Waals surface area contributed by atoms with Crippen LogP contribution in [0.15, 0.2) is 73.3 Å². The van der Waals surface area contributed by atoms with Crippen molar-refractivity contribution in [2.45, 2.75) is 6.42 Å². The molecule has 1 aromatic heterocycles. The fraction of sp³-hybridized carbons (Fsp3) is 0.0500. The Morgan fingerprint density at radius 3 is 2.64 bits per heavy atom. The third kappa shape index (κ3) is 2.13. The molecule has 0 saturated carbocycles. The minimum absolute atomic E-state index is 0.857. The monoisotopic (exact) mass is 301 g/mol. The van der Waals surface area contributed by atoms with Gasteiger partial charge in [0.2, 0.25) is 0 Å². The van der Waals surface area contributed by atoms with Crippen molar-refractivity contribution in [3.05, 3.63) is 78.9 Å². The Kier molecular flexibility index (Phi) is 3.24. The third-order valence-electron chi connectivity index (χ3n) is 3.89. The summed E-state index contributed by atoms with van der Waals surface area (Å²) in [5.74, 6) is 0. The van der Waals surface area contributed by atoms with E-state index in [4.69, 9.17) is 4.98 Å². The first-order chi connectivity index (χ1) is 10.9. The zero-order valence-electron chi connectivity index (χ0n) is 12.1. The number of rotatable bonds is 3. The van der Waals surface area contributed by atoms with Gasteiger partial charge in [0.1, 0.15) is 5.01 Å². The van der Waals surface area contributed by atoms with E-state index in [1.165, 1.54) is 26.6 Å². The van der Waals surface area contributed by atoms with Gasteiger partial charge in [-0.3, -0.25) is 0 Å². The molecule has 22 heavy (non-hydrogen) atoms. The molecule has 4 rings (SSSR count). The lowest BCUT2D eigenvalue weighted by Crippen LogP contribution is -1.90. The second-order valence-corrected chi connectivity index (χ2v) is 6.33. The maximum Gasteiger partial charge on any atom is 0.125 e. The van der Waals surface area contributed by atoms with Gasteiger partial charge >= 0.3 is 0 Å². The average Bonchev–Trinajstić information content (AvgIpc) is 2.98. The molecule has 0 spiro atoms. The Bertz CT molecular complexity index is 948. The van der Waals surface area contributed by atoms with Gasteiger partial charge in [0, 0.05) is 5.56 Å². The molecule has 0 unspecified atom stereocenters. The summed E-state index contributed by atoms with van der Waals surface area (Å²) in [6.45, 7) is 3.90. The lowest BCUT2D eigenvalue weighted by Gasteiger charge is -2.09. The number of fused-ring (bicyclic) bond motifs is 2. The van der Waals surface area contributed by atoms with E-state index in [0.717, 1.165) is 16.9 Å². The maximum absolute atomic E-state index is 4.86. The molecule has 0 fully saturated rings. The number of allylic oxidation sites excluding steroid dienone is 1. The van der Waals surface area contributed by atoms with Crippen molar-refractivity contribution in [2.24, 2.45) is 0 Å². The van der Waals surface area contributed by atoms with E-state index < -0.39 is 0 Å². The summed E-state index contributed by atoms with van der Waals surface area (Å²) in [6, 6.07) is 21.2. The van der Waals surface area contributed by atoms with Crippen LogP contribution in [0.4, 0.5) is 0 Å². The van der Waals surface area contributed by atoms with Gasteiger partial charge in [-0.1, -0.05) is 54.6 Å². The van der Waals surface area contributed by atoms with E-state index in [-0.39, 0.29) is 0 Å². The van der Waals surface area contributed by atoms with Gasteiger partial charge in [0.15, 0.2) is 0 Å². The van der Waals surface area contributed by atoms with Gasteiger partial charge in [0.05, 0.1) is 10.2 Å². The number of benzene rings is 3. The quantitative estimate of drug-likeness (QED) is 0.433. The molecule has 106 valence electrons. The molecule has 3 aromatic carbocycles. The number of hydrogen-bond donors (Lipinski definition) is 0. The molecule has 0 aliphatic rings. The Labute approximate surface area is 133 Å². The zero-order valence-corrected chi connectivity index (χ0v) is 12.9. The number of thiazole rings is 1. The van der Waals surface area contributed by atoms with Crippen molar-refractivity contribution >= 4 is 32.3 Å². The SMILES string of the molecule is C=CCc1ccc2ccccc2c1-c1nc2ccccc2s1. The number of aromatic nitrogens is 1. The van der Waals surface area contributed by atoms with Gasteiger partial charge in [0.25, 0.3) is 0 Å². The smallest absolute Gasteiger partial charge is 0.125 e. The van der Waals surface area contributed by atoms with Gasteiger partial charge < -0.3 is 0 Å². The lowest BCUT2D eigenvalue weighted by molar-refractivity contribution is 1.28. The van der Waals surface area contributed by atoms with Crippen LogP contribution in [0.3, 0.4) is 0 Å². The highest BCUT2D eigenvalue weighted by Crippen LogP contribution is 2.37. The standard InChI is InChI=1S/C20H15NS/c1-2-7-15-13-12-14-8-3-4-9-16(14)19(15)20-21-17-10-5-6-11-18(17)22-20/h2-6,8-13H,1,7H2. The van der Waals surface area contributed by atoms with E-state index in [1.54, 1.807) is 11.3 Å². The average molecular weight is 301 g/mol. The topological polar surface area (TPSA) is 12.9 Å². The summed E-state index contributed by atoms with van der Waals surface area (Å²) in [5.41, 5.74) is 3.60. The molecule has 0 aliphatic heterocycles. The van der Waals surface area contributed by atoms with Crippen molar-refractivity contribution in [3.8, 4) is 10.6 Å². The number of nitrogens with zero attached hydrogens (tertiary/aromatic N) is 1. The van der Waals surface area contributed by atoms with Gasteiger partial charge in [-0.25, -0.2) is 4.98 Å². The van der Waals surface area contributed by atoms with E-state index >= 15 is 0 Å². The van der Waals surface area contributed by atoms with E-state index in [9.17, 15) is 0 Å². The molecule has 1 nitrogen and oxygen atoms in total. The fourth-order valence-electron chi connectivity index (χ4n) is 2.87. The summed E-state index contributed by atoms with van der Waals surface area (Å²) < 4.78 is 1.23. The second-order valence-electron chi connectivity index (χ2n) is 5.30. The minimum atomic E-state index is 0.857. The van der Waals surface area contributed by atoms with Crippen LogP contribution in [0.25, 0.3) is 31.6 Å². The first-order valence-corrected chi connectivity index (χ1v) is 8.16. The molecule has 0 radical (unpaired) electrons. The van der Waals surface area contributed by atoms with Crippen molar-refractivity contribution in [2.75, 3.05) is 0 Å². The van der Waals surface area contributed by atoms with Crippen LogP contribution < -0.4 is 0 Å². The molecule has 0 amide bonds. The van der Waals surface area contributed by atoms with Crippen molar-refractivity contribution < 1.29 is 0 Å². The van der Waals surface area contributed by atoms with Gasteiger partial charge in [-0.05, 0) is 34.9 Å². The van der Waals surface area contributed by atoms with Crippen LogP contribution in [-0.2, 0) is 6.42 Å². The largest absolute Gasteiger partial charge is 0.236 e. The fourth-order valence-corrected chi connectivity index (χ4v) is 3.93. The van der Waals surface area contributed by atoms with Crippen LogP contribution in [0, 0.1) is 0 Å². The summed E-state index contributed by atoms with van der Waals surface area (Å²) in [4.78, 5) is 4.86. The molecule has 0 bridgehead atoms. The Morgan fingerprint density at radius 2 is 1.77 bits per heavy atom. The molecule has 4 aromatic rings. The first kappa shape index (κ1) is 13.2. The normalized spacial score (nSPS) is 11.1. The van der Waals surface area contributed by atoms with Crippen molar-refractivity contribution in [3.63, 3.8) is 0 Å². The van der Waals surface area contributed by atoms with Crippen LogP contribution in [0.5, 0.6) is 0 Å². The third-order valence-corrected chi connectivity index (χ3v) is 4.94. The number of para-hydroxylation sites is 1. The van der Waals surface area contributed by atoms with Gasteiger partial charge in [-0.15, -0.1) is 17.9 Å². The van der Waals surface area contributed by atoms with Crippen molar-refractivity contribution in [1.29, 1.82) is 0 Å². The highest BCUT2D eigenvalue weighted by atomic mass is 32.1. The van der Waals surface area contributed by atoms with Crippen LogP contribution in [-0.4, -0.2) is 4.98 Å². The van der Waals surface area contributed by atoms with E-state index in [0.29, 0.717) is 0 Å². The van der Waals surface area contributed by atoms with E-state index in [1.807, 2.05) is 12.1 Å². The highest BCUT2D eigenvalue weighted by molar-refractivity contribution is 7.21. The Balaban J connectivity index is 2.06. The summed E-state index contributed by atoms with van der Waals surface area (Å²) in [7, 11) is 0. The Hall–Kier alpha value is -2.45. The molecule has 1 heterocycles. The molecule has 0 aliphatic carbocycles. The molecule has 0 atom stereocenters. The number of hydrogen-bond acceptors (Lipinski definition) is 2. The predicted molar refractivity (Wildman–Crippen MR) is 96.5 cm³/mol. The van der Waals surface area contributed by atoms with Crippen LogP contribution in [0.2, 0.25) is 0 Å². The molecule has 0 saturated heterocycles. The first-order valence-electron chi connectivity index (χ1n) is 7.34.